The van der Waals surface area contributed by atoms with Gasteiger partial charge in [-0.2, -0.15) is 0 Å². The highest BCUT2D eigenvalue weighted by atomic mass is 16.3. The van der Waals surface area contributed by atoms with E-state index in [1.165, 1.54) is 0 Å². The maximum atomic E-state index is 5.98. The molecule has 4 rings (SSSR count). The summed E-state index contributed by atoms with van der Waals surface area (Å²) in [6, 6.07) is 28.3. The zero-order valence-electron chi connectivity index (χ0n) is 12.5. The summed E-state index contributed by atoms with van der Waals surface area (Å²) in [5.74, 6) is 0.640. The number of hydrogen-bond acceptors (Lipinski definition) is 2. The van der Waals surface area contributed by atoms with E-state index in [4.69, 9.17) is 4.42 Å². The highest BCUT2D eigenvalue weighted by Gasteiger charge is 2.12. The van der Waals surface area contributed by atoms with Gasteiger partial charge in [-0.15, -0.1) is 0 Å². The Kier molecular flexibility index (Phi) is 3.49. The maximum Gasteiger partial charge on any atom is 0.227 e. The molecule has 0 fully saturated rings. The van der Waals surface area contributed by atoms with Gasteiger partial charge in [0.25, 0.3) is 0 Å². The Bertz CT molecular complexity index is 920. The lowest BCUT2D eigenvalue weighted by molar-refractivity contribution is 0.585. The van der Waals surface area contributed by atoms with Crippen LogP contribution < -0.4 is 0 Å². The molecule has 0 aliphatic heterocycles. The standard InChI is InChI=1S/C21H15NO/c1-3-9-16(10-4-1)15-18(17-11-5-2-6-12-17)21-22-19-13-7-8-14-20(19)23-21/h1-15H. The first kappa shape index (κ1) is 13.5. The van der Waals surface area contributed by atoms with Crippen molar-refractivity contribution in [3.05, 3.63) is 102 Å². The third-order valence-corrected chi connectivity index (χ3v) is 3.72. The molecule has 1 aromatic heterocycles. The van der Waals surface area contributed by atoms with Crippen LogP contribution in [0.4, 0.5) is 0 Å². The first-order chi connectivity index (χ1) is 11.4. The van der Waals surface area contributed by atoms with Crippen LogP contribution in [-0.2, 0) is 0 Å². The van der Waals surface area contributed by atoms with E-state index in [2.05, 4.69) is 35.3 Å². The Morgan fingerprint density at radius 2 is 1.39 bits per heavy atom. The molecular formula is C21H15NO. The fraction of sp³-hybridized carbons (Fsp3) is 0. The minimum Gasteiger partial charge on any atom is -0.436 e. The van der Waals surface area contributed by atoms with Gasteiger partial charge in [-0.25, -0.2) is 4.98 Å². The average Bonchev–Trinajstić information content (AvgIpc) is 3.05. The average molecular weight is 297 g/mol. The molecule has 0 bridgehead atoms. The largest absolute Gasteiger partial charge is 0.436 e. The lowest BCUT2D eigenvalue weighted by Gasteiger charge is -2.04. The number of oxazole rings is 1. The zero-order chi connectivity index (χ0) is 15.5. The number of aromatic nitrogens is 1. The van der Waals surface area contributed by atoms with Gasteiger partial charge in [0.2, 0.25) is 5.89 Å². The second-order valence-electron chi connectivity index (χ2n) is 5.32. The van der Waals surface area contributed by atoms with E-state index in [9.17, 15) is 0 Å². The highest BCUT2D eigenvalue weighted by Crippen LogP contribution is 2.28. The summed E-state index contributed by atoms with van der Waals surface area (Å²) in [6.07, 6.45) is 2.11. The van der Waals surface area contributed by atoms with Gasteiger partial charge in [0, 0.05) is 5.57 Å². The molecule has 23 heavy (non-hydrogen) atoms. The molecular weight excluding hydrogens is 282 g/mol. The second-order valence-corrected chi connectivity index (χ2v) is 5.32. The summed E-state index contributed by atoms with van der Waals surface area (Å²) < 4.78 is 5.98. The Morgan fingerprint density at radius 3 is 2.13 bits per heavy atom. The van der Waals surface area contributed by atoms with Crippen LogP contribution in [0.15, 0.2) is 89.3 Å². The number of rotatable bonds is 3. The monoisotopic (exact) mass is 297 g/mol. The SMILES string of the molecule is C(=C(c1ccccc1)c1nc2ccccc2o1)c1ccccc1. The molecule has 0 N–H and O–H groups in total. The lowest BCUT2D eigenvalue weighted by atomic mass is 10.0. The third kappa shape index (κ3) is 2.79. The topological polar surface area (TPSA) is 26.0 Å². The van der Waals surface area contributed by atoms with E-state index in [-0.39, 0.29) is 0 Å². The van der Waals surface area contributed by atoms with Gasteiger partial charge in [-0.3, -0.25) is 0 Å². The summed E-state index contributed by atoms with van der Waals surface area (Å²) in [7, 11) is 0. The van der Waals surface area contributed by atoms with Crippen LogP contribution in [0.1, 0.15) is 17.0 Å². The van der Waals surface area contributed by atoms with Gasteiger partial charge in [0.05, 0.1) is 0 Å². The third-order valence-electron chi connectivity index (χ3n) is 3.72. The van der Waals surface area contributed by atoms with Crippen molar-refractivity contribution in [1.82, 2.24) is 4.98 Å². The fourth-order valence-electron chi connectivity index (χ4n) is 2.59. The van der Waals surface area contributed by atoms with Gasteiger partial charge in [-0.1, -0.05) is 72.8 Å². The van der Waals surface area contributed by atoms with Crippen molar-refractivity contribution in [3.63, 3.8) is 0 Å². The van der Waals surface area contributed by atoms with Crippen LogP contribution in [0.5, 0.6) is 0 Å². The van der Waals surface area contributed by atoms with Crippen molar-refractivity contribution in [2.45, 2.75) is 0 Å². The van der Waals surface area contributed by atoms with Gasteiger partial charge < -0.3 is 4.42 Å². The van der Waals surface area contributed by atoms with E-state index in [1.807, 2.05) is 60.7 Å². The van der Waals surface area contributed by atoms with E-state index in [0.717, 1.165) is 27.8 Å². The first-order valence-electron chi connectivity index (χ1n) is 7.58. The molecule has 0 spiro atoms. The fourth-order valence-corrected chi connectivity index (χ4v) is 2.59. The Hall–Kier alpha value is -3.13. The van der Waals surface area contributed by atoms with Crippen molar-refractivity contribution < 1.29 is 4.42 Å². The highest BCUT2D eigenvalue weighted by molar-refractivity contribution is 5.90. The molecule has 0 saturated heterocycles. The van der Waals surface area contributed by atoms with Crippen LogP contribution in [0.3, 0.4) is 0 Å². The summed E-state index contributed by atoms with van der Waals surface area (Å²) in [5.41, 5.74) is 4.86. The maximum absolute atomic E-state index is 5.98. The lowest BCUT2D eigenvalue weighted by Crippen LogP contribution is -1.88. The Labute approximate surface area is 134 Å². The summed E-state index contributed by atoms with van der Waals surface area (Å²) in [4.78, 5) is 4.65. The van der Waals surface area contributed by atoms with Gasteiger partial charge in [0.1, 0.15) is 5.52 Å². The predicted octanol–water partition coefficient (Wildman–Crippen LogP) is 5.42. The quantitative estimate of drug-likeness (QED) is 0.472. The molecule has 110 valence electrons. The molecule has 0 aliphatic rings. The molecule has 0 aliphatic carbocycles. The molecule has 0 unspecified atom stereocenters. The molecule has 2 nitrogen and oxygen atoms in total. The molecule has 0 atom stereocenters. The minimum atomic E-state index is 0.640. The second kappa shape index (κ2) is 5.93. The summed E-state index contributed by atoms with van der Waals surface area (Å²) in [5, 5.41) is 0. The van der Waals surface area contributed by atoms with Gasteiger partial charge in [0.15, 0.2) is 5.58 Å². The van der Waals surface area contributed by atoms with E-state index in [1.54, 1.807) is 0 Å². The van der Waals surface area contributed by atoms with Crippen LogP contribution in [0.25, 0.3) is 22.7 Å². The molecule has 1 heterocycles. The van der Waals surface area contributed by atoms with Crippen LogP contribution in [0, 0.1) is 0 Å². The zero-order valence-corrected chi connectivity index (χ0v) is 12.5. The number of hydrogen-bond donors (Lipinski definition) is 0. The molecule has 3 aromatic carbocycles. The molecule has 0 amide bonds. The van der Waals surface area contributed by atoms with E-state index >= 15 is 0 Å². The van der Waals surface area contributed by atoms with Crippen LogP contribution >= 0.6 is 0 Å². The van der Waals surface area contributed by atoms with Crippen molar-refractivity contribution in [2.24, 2.45) is 0 Å². The first-order valence-corrected chi connectivity index (χ1v) is 7.58. The van der Waals surface area contributed by atoms with Crippen LogP contribution in [-0.4, -0.2) is 4.98 Å². The Morgan fingerprint density at radius 1 is 0.739 bits per heavy atom. The number of para-hydroxylation sites is 2. The molecule has 0 saturated carbocycles. The smallest absolute Gasteiger partial charge is 0.227 e. The molecule has 4 aromatic rings. The molecule has 0 radical (unpaired) electrons. The molecule has 2 heteroatoms. The number of benzene rings is 3. The van der Waals surface area contributed by atoms with Crippen molar-refractivity contribution in [1.29, 1.82) is 0 Å². The van der Waals surface area contributed by atoms with E-state index in [0.29, 0.717) is 5.89 Å². The normalized spacial score (nSPS) is 11.7. The number of fused-ring (bicyclic) bond motifs is 1. The van der Waals surface area contributed by atoms with Crippen molar-refractivity contribution in [2.75, 3.05) is 0 Å². The predicted molar refractivity (Wildman–Crippen MR) is 93.9 cm³/mol. The van der Waals surface area contributed by atoms with Gasteiger partial charge >= 0.3 is 0 Å². The minimum absolute atomic E-state index is 0.640. The van der Waals surface area contributed by atoms with Crippen molar-refractivity contribution in [3.8, 4) is 0 Å². The van der Waals surface area contributed by atoms with Crippen molar-refractivity contribution >= 4 is 22.7 Å². The van der Waals surface area contributed by atoms with Crippen LogP contribution in [0.2, 0.25) is 0 Å². The summed E-state index contributed by atoms with van der Waals surface area (Å²) in [6.45, 7) is 0. The van der Waals surface area contributed by atoms with Gasteiger partial charge in [-0.05, 0) is 29.3 Å². The van der Waals surface area contributed by atoms with E-state index < -0.39 is 0 Å². The Balaban J connectivity index is 1.90. The number of nitrogens with zero attached hydrogens (tertiary/aromatic N) is 1. The summed E-state index contributed by atoms with van der Waals surface area (Å²) >= 11 is 0.